The van der Waals surface area contributed by atoms with Gasteiger partial charge in [0.15, 0.2) is 0 Å². The number of hydrogen-bond acceptors (Lipinski definition) is 8. The summed E-state index contributed by atoms with van der Waals surface area (Å²) in [5.41, 5.74) is 6.86. The second kappa shape index (κ2) is 9.32. The van der Waals surface area contributed by atoms with E-state index in [1.807, 2.05) is 6.07 Å². The molecule has 3 aromatic rings. The molecule has 30 heavy (non-hydrogen) atoms. The number of ether oxygens (including phenoxy) is 2. The summed E-state index contributed by atoms with van der Waals surface area (Å²) < 4.78 is 10.8. The van der Waals surface area contributed by atoms with E-state index in [9.17, 15) is 9.59 Å². The number of rotatable bonds is 6. The Kier molecular flexibility index (Phi) is 6.38. The Hall–Kier alpha value is -4.21. The Balaban J connectivity index is 1.86. The lowest BCUT2D eigenvalue weighted by molar-refractivity contribution is 0.160. The minimum Gasteiger partial charge on any atom is -0.449 e. The van der Waals surface area contributed by atoms with E-state index in [4.69, 9.17) is 15.2 Å². The lowest BCUT2D eigenvalue weighted by Crippen LogP contribution is -2.41. The molecule has 3 amide bonds. The van der Waals surface area contributed by atoms with Crippen LogP contribution in [0, 0.1) is 0 Å². The van der Waals surface area contributed by atoms with Crippen molar-refractivity contribution in [1.29, 1.82) is 0 Å². The van der Waals surface area contributed by atoms with Gasteiger partial charge in [-0.25, -0.2) is 24.5 Å². The van der Waals surface area contributed by atoms with E-state index in [0.29, 0.717) is 28.8 Å². The molecule has 0 aliphatic carbocycles. The summed E-state index contributed by atoms with van der Waals surface area (Å²) in [6, 6.07) is 10.6. The smallest absolute Gasteiger partial charge is 0.422 e. The first kappa shape index (κ1) is 20.5. The fourth-order valence-electron chi connectivity index (χ4n) is 2.58. The SMILES string of the molecule is CCOC(=O)N(C(N)=O)c1ccc(Oc2ncccc2-c2ccnc(NC)n2)cc1. The predicted octanol–water partition coefficient (Wildman–Crippen LogP) is 3.41. The Morgan fingerprint density at radius 2 is 1.87 bits per heavy atom. The van der Waals surface area contributed by atoms with Gasteiger partial charge in [0.05, 0.1) is 23.6 Å². The Bertz CT molecular complexity index is 1040. The van der Waals surface area contributed by atoms with Gasteiger partial charge in [-0.1, -0.05) is 0 Å². The number of pyridine rings is 1. The largest absolute Gasteiger partial charge is 0.449 e. The Labute approximate surface area is 172 Å². The average molecular weight is 408 g/mol. The molecule has 3 N–H and O–H groups in total. The lowest BCUT2D eigenvalue weighted by atomic mass is 10.2. The van der Waals surface area contributed by atoms with Gasteiger partial charge in [0.2, 0.25) is 11.8 Å². The monoisotopic (exact) mass is 408 g/mol. The second-order valence-electron chi connectivity index (χ2n) is 5.84. The van der Waals surface area contributed by atoms with Crippen LogP contribution in [0.5, 0.6) is 11.6 Å². The van der Waals surface area contributed by atoms with Gasteiger partial charge >= 0.3 is 12.1 Å². The molecule has 0 bridgehead atoms. The highest BCUT2D eigenvalue weighted by Crippen LogP contribution is 2.31. The van der Waals surface area contributed by atoms with Gasteiger partial charge in [0, 0.05) is 19.4 Å². The van der Waals surface area contributed by atoms with E-state index >= 15 is 0 Å². The van der Waals surface area contributed by atoms with Crippen LogP contribution in [0.2, 0.25) is 0 Å². The first-order valence-corrected chi connectivity index (χ1v) is 9.04. The van der Waals surface area contributed by atoms with Crippen molar-refractivity contribution in [2.75, 3.05) is 23.9 Å². The van der Waals surface area contributed by atoms with Crippen LogP contribution >= 0.6 is 0 Å². The number of nitrogens with one attached hydrogen (secondary N) is 1. The lowest BCUT2D eigenvalue weighted by Gasteiger charge is -2.18. The zero-order valence-electron chi connectivity index (χ0n) is 16.4. The Morgan fingerprint density at radius 3 is 2.53 bits per heavy atom. The fraction of sp³-hybridized carbons (Fsp3) is 0.150. The number of amides is 3. The third kappa shape index (κ3) is 4.61. The summed E-state index contributed by atoms with van der Waals surface area (Å²) in [5.74, 6) is 1.25. The number of nitrogens with zero attached hydrogens (tertiary/aromatic N) is 4. The molecule has 2 aromatic heterocycles. The third-order valence-electron chi connectivity index (χ3n) is 3.91. The molecule has 0 saturated carbocycles. The Morgan fingerprint density at radius 1 is 1.10 bits per heavy atom. The van der Waals surface area contributed by atoms with E-state index in [1.165, 1.54) is 12.1 Å². The number of primary amides is 1. The molecule has 3 rings (SSSR count). The van der Waals surface area contributed by atoms with Crippen LogP contribution < -0.4 is 20.7 Å². The van der Waals surface area contributed by atoms with Crippen LogP contribution in [-0.2, 0) is 4.74 Å². The van der Waals surface area contributed by atoms with E-state index in [1.54, 1.807) is 50.6 Å². The first-order chi connectivity index (χ1) is 14.5. The molecule has 0 radical (unpaired) electrons. The van der Waals surface area contributed by atoms with E-state index in [-0.39, 0.29) is 12.3 Å². The van der Waals surface area contributed by atoms with Crippen molar-refractivity contribution in [3.63, 3.8) is 0 Å². The summed E-state index contributed by atoms with van der Waals surface area (Å²) >= 11 is 0. The van der Waals surface area contributed by atoms with Crippen molar-refractivity contribution in [1.82, 2.24) is 15.0 Å². The molecule has 0 fully saturated rings. The molecular weight excluding hydrogens is 388 g/mol. The standard InChI is InChI=1S/C20H20N6O4/c1-3-29-20(28)26(18(21)27)13-6-8-14(9-7-13)30-17-15(5-4-11-23-17)16-10-12-24-19(22-2)25-16/h4-12H,3H2,1-2H3,(H2,21,27)(H,22,24,25). The second-order valence-corrected chi connectivity index (χ2v) is 5.84. The maximum atomic E-state index is 12.0. The van der Waals surface area contributed by atoms with Gasteiger partial charge in [-0.3, -0.25) is 0 Å². The van der Waals surface area contributed by atoms with Crippen LogP contribution in [0.3, 0.4) is 0 Å². The van der Waals surface area contributed by atoms with Crippen LogP contribution in [0.25, 0.3) is 11.3 Å². The maximum Gasteiger partial charge on any atom is 0.422 e. The molecule has 2 heterocycles. The van der Waals surface area contributed by atoms with Crippen molar-refractivity contribution in [3.8, 4) is 22.9 Å². The van der Waals surface area contributed by atoms with Gasteiger partial charge in [0.25, 0.3) is 0 Å². The van der Waals surface area contributed by atoms with Crippen LogP contribution in [0.15, 0.2) is 54.9 Å². The topological polar surface area (TPSA) is 133 Å². The van der Waals surface area contributed by atoms with Gasteiger partial charge < -0.3 is 20.5 Å². The summed E-state index contributed by atoms with van der Waals surface area (Å²) in [7, 11) is 1.73. The fourth-order valence-corrected chi connectivity index (χ4v) is 2.58. The molecule has 0 aliphatic rings. The van der Waals surface area contributed by atoms with Gasteiger partial charge in [-0.2, -0.15) is 4.90 Å². The van der Waals surface area contributed by atoms with Crippen LogP contribution in [0.4, 0.5) is 21.2 Å². The van der Waals surface area contributed by atoms with Crippen molar-refractivity contribution >= 4 is 23.8 Å². The molecular formula is C20H20N6O4. The molecule has 0 aliphatic heterocycles. The van der Waals surface area contributed by atoms with Gasteiger partial charge in [-0.15, -0.1) is 0 Å². The van der Waals surface area contributed by atoms with E-state index in [0.717, 1.165) is 4.90 Å². The summed E-state index contributed by atoms with van der Waals surface area (Å²) in [4.78, 5) is 37.1. The number of carbonyl (C=O) groups excluding carboxylic acids is 2. The normalized spacial score (nSPS) is 10.2. The minimum absolute atomic E-state index is 0.116. The van der Waals surface area contributed by atoms with Crippen molar-refractivity contribution in [2.45, 2.75) is 6.92 Å². The zero-order valence-corrected chi connectivity index (χ0v) is 16.4. The summed E-state index contributed by atoms with van der Waals surface area (Å²) in [6.45, 7) is 1.75. The van der Waals surface area contributed by atoms with Crippen molar-refractivity contribution < 1.29 is 19.1 Å². The van der Waals surface area contributed by atoms with Crippen molar-refractivity contribution in [3.05, 3.63) is 54.9 Å². The van der Waals surface area contributed by atoms with E-state index < -0.39 is 12.1 Å². The molecule has 0 atom stereocenters. The average Bonchev–Trinajstić information content (AvgIpc) is 2.75. The number of anilines is 2. The molecule has 0 unspecified atom stereocenters. The number of hydrogen-bond donors (Lipinski definition) is 2. The number of carbonyl (C=O) groups is 2. The molecule has 10 heteroatoms. The maximum absolute atomic E-state index is 12.0. The molecule has 154 valence electrons. The van der Waals surface area contributed by atoms with Gasteiger partial charge in [-0.05, 0) is 49.4 Å². The number of nitrogens with two attached hydrogens (primary N) is 1. The molecule has 0 spiro atoms. The summed E-state index contributed by atoms with van der Waals surface area (Å²) in [5, 5.41) is 2.89. The molecule has 10 nitrogen and oxygen atoms in total. The highest BCUT2D eigenvalue weighted by molar-refractivity contribution is 6.10. The van der Waals surface area contributed by atoms with Gasteiger partial charge in [0.1, 0.15) is 5.75 Å². The number of urea groups is 1. The highest BCUT2D eigenvalue weighted by atomic mass is 16.6. The summed E-state index contributed by atoms with van der Waals surface area (Å²) in [6.07, 6.45) is 2.38. The van der Waals surface area contributed by atoms with E-state index in [2.05, 4.69) is 20.3 Å². The highest BCUT2D eigenvalue weighted by Gasteiger charge is 2.22. The van der Waals surface area contributed by atoms with Crippen LogP contribution in [0.1, 0.15) is 6.92 Å². The predicted molar refractivity (Wildman–Crippen MR) is 110 cm³/mol. The number of aromatic nitrogens is 3. The third-order valence-corrected chi connectivity index (χ3v) is 3.91. The quantitative estimate of drug-likeness (QED) is 0.634. The van der Waals surface area contributed by atoms with Crippen LogP contribution in [-0.4, -0.2) is 40.7 Å². The number of benzene rings is 1. The molecule has 1 aromatic carbocycles. The van der Waals surface area contributed by atoms with Crippen molar-refractivity contribution in [2.24, 2.45) is 5.73 Å². The minimum atomic E-state index is -0.946. The zero-order chi connectivity index (χ0) is 21.5. The first-order valence-electron chi connectivity index (χ1n) is 9.04. The number of imide groups is 1. The molecule has 0 saturated heterocycles.